The van der Waals surface area contributed by atoms with E-state index in [1.165, 1.54) is 25.3 Å². The van der Waals surface area contributed by atoms with Gasteiger partial charge in [0, 0.05) is 17.1 Å². The average molecular weight is 315 g/mol. The van der Waals surface area contributed by atoms with Crippen molar-refractivity contribution in [3.05, 3.63) is 34.1 Å². The number of nitrogens with two attached hydrogens (primary N) is 1. The molecule has 1 aliphatic carbocycles. The average Bonchev–Trinajstić information content (AvgIpc) is 2.75. The van der Waals surface area contributed by atoms with Crippen LogP contribution in [0.2, 0.25) is 0 Å². The minimum Gasteiger partial charge on any atom is -0.330 e. The van der Waals surface area contributed by atoms with Crippen LogP contribution >= 0.6 is 15.9 Å². The Labute approximate surface area is 116 Å². The summed E-state index contributed by atoms with van der Waals surface area (Å²) < 4.78 is 14.1. The Morgan fingerprint density at radius 2 is 2.17 bits per heavy atom. The van der Waals surface area contributed by atoms with Gasteiger partial charge in [0.15, 0.2) is 0 Å². The second-order valence-corrected chi connectivity index (χ2v) is 6.10. The van der Waals surface area contributed by atoms with Crippen molar-refractivity contribution in [2.24, 2.45) is 11.7 Å². The van der Waals surface area contributed by atoms with Crippen LogP contribution in [0.4, 0.5) is 4.39 Å². The first kappa shape index (κ1) is 14.0. The Hall–Kier alpha value is -0.450. The lowest BCUT2D eigenvalue weighted by molar-refractivity contribution is 0.192. The summed E-state index contributed by atoms with van der Waals surface area (Å²) in [4.78, 5) is 2.31. The zero-order chi connectivity index (χ0) is 13.1. The molecule has 0 spiro atoms. The monoisotopic (exact) mass is 314 g/mol. The van der Waals surface area contributed by atoms with E-state index in [0.29, 0.717) is 12.0 Å². The van der Waals surface area contributed by atoms with E-state index in [9.17, 15) is 4.39 Å². The van der Waals surface area contributed by atoms with Gasteiger partial charge in [-0.2, -0.15) is 0 Å². The van der Waals surface area contributed by atoms with Crippen molar-refractivity contribution >= 4 is 15.9 Å². The fourth-order valence-corrected chi connectivity index (χ4v) is 3.49. The quantitative estimate of drug-likeness (QED) is 0.925. The maximum atomic E-state index is 13.3. The van der Waals surface area contributed by atoms with E-state index < -0.39 is 0 Å². The van der Waals surface area contributed by atoms with Gasteiger partial charge in [-0.25, -0.2) is 4.39 Å². The summed E-state index contributed by atoms with van der Waals surface area (Å²) >= 11 is 3.33. The second-order valence-electron chi connectivity index (χ2n) is 5.19. The highest BCUT2D eigenvalue weighted by atomic mass is 79.9. The molecule has 1 fully saturated rings. The largest absolute Gasteiger partial charge is 0.330 e. The third kappa shape index (κ3) is 3.31. The van der Waals surface area contributed by atoms with Crippen LogP contribution in [0.3, 0.4) is 0 Å². The molecule has 1 aromatic carbocycles. The van der Waals surface area contributed by atoms with E-state index >= 15 is 0 Å². The molecule has 2 N–H and O–H groups in total. The Morgan fingerprint density at radius 1 is 1.39 bits per heavy atom. The number of rotatable bonds is 4. The highest BCUT2D eigenvalue weighted by Crippen LogP contribution is 2.29. The van der Waals surface area contributed by atoms with Crippen molar-refractivity contribution in [1.82, 2.24) is 4.90 Å². The van der Waals surface area contributed by atoms with Crippen LogP contribution in [0.1, 0.15) is 24.8 Å². The molecular formula is C14H20BrFN2. The van der Waals surface area contributed by atoms with Gasteiger partial charge >= 0.3 is 0 Å². The zero-order valence-electron chi connectivity index (χ0n) is 10.7. The van der Waals surface area contributed by atoms with E-state index in [-0.39, 0.29) is 5.82 Å². The molecule has 4 heteroatoms. The van der Waals surface area contributed by atoms with Gasteiger partial charge in [-0.3, -0.25) is 4.90 Å². The molecule has 2 nitrogen and oxygen atoms in total. The lowest BCUT2D eigenvalue weighted by Crippen LogP contribution is -2.37. The van der Waals surface area contributed by atoms with Crippen molar-refractivity contribution in [1.29, 1.82) is 0 Å². The molecule has 0 bridgehead atoms. The van der Waals surface area contributed by atoms with Gasteiger partial charge in [-0.15, -0.1) is 0 Å². The van der Waals surface area contributed by atoms with E-state index in [0.717, 1.165) is 23.1 Å². The number of hydrogen-bond donors (Lipinski definition) is 1. The summed E-state index contributed by atoms with van der Waals surface area (Å²) in [6, 6.07) is 5.61. The van der Waals surface area contributed by atoms with Crippen LogP contribution in [-0.4, -0.2) is 24.5 Å². The minimum absolute atomic E-state index is 0.186. The standard InChI is InChI=1S/C14H20BrFN2/c1-18(14-4-2-3-11(14)8-17)9-10-5-12(15)7-13(16)6-10/h5-7,11,14H,2-4,8-9,17H2,1H3. The second kappa shape index (κ2) is 6.13. The normalized spacial score (nSPS) is 23.8. The molecule has 1 aliphatic rings. The maximum Gasteiger partial charge on any atom is 0.124 e. The Balaban J connectivity index is 2.04. The van der Waals surface area contributed by atoms with Crippen LogP contribution in [0.15, 0.2) is 22.7 Å². The third-order valence-electron chi connectivity index (χ3n) is 3.84. The lowest BCUT2D eigenvalue weighted by atomic mass is 10.0. The van der Waals surface area contributed by atoms with Crippen LogP contribution < -0.4 is 5.73 Å². The summed E-state index contributed by atoms with van der Waals surface area (Å²) in [5.74, 6) is 0.404. The highest BCUT2D eigenvalue weighted by Gasteiger charge is 2.29. The third-order valence-corrected chi connectivity index (χ3v) is 4.30. The van der Waals surface area contributed by atoms with Crippen molar-refractivity contribution < 1.29 is 4.39 Å². The molecule has 2 atom stereocenters. The predicted octanol–water partition coefficient (Wildman–Crippen LogP) is 3.15. The molecule has 0 saturated heterocycles. The fourth-order valence-electron chi connectivity index (χ4n) is 2.98. The first-order chi connectivity index (χ1) is 8.60. The SMILES string of the molecule is CN(Cc1cc(F)cc(Br)c1)C1CCCC1CN. The first-order valence-electron chi connectivity index (χ1n) is 6.45. The Kier molecular flexibility index (Phi) is 4.76. The molecule has 0 amide bonds. The Bertz CT molecular complexity index is 391. The molecule has 1 saturated carbocycles. The lowest BCUT2D eigenvalue weighted by Gasteiger charge is -2.29. The maximum absolute atomic E-state index is 13.3. The van der Waals surface area contributed by atoms with Gasteiger partial charge in [0.05, 0.1) is 0 Å². The molecule has 0 aliphatic heterocycles. The van der Waals surface area contributed by atoms with Gasteiger partial charge in [0.25, 0.3) is 0 Å². The number of hydrogen-bond acceptors (Lipinski definition) is 2. The first-order valence-corrected chi connectivity index (χ1v) is 7.24. The van der Waals surface area contributed by atoms with Crippen molar-refractivity contribution in [3.63, 3.8) is 0 Å². The minimum atomic E-state index is -0.186. The number of benzene rings is 1. The molecule has 0 radical (unpaired) electrons. The predicted molar refractivity (Wildman–Crippen MR) is 75.8 cm³/mol. The summed E-state index contributed by atoms with van der Waals surface area (Å²) in [5, 5.41) is 0. The molecule has 2 unspecified atom stereocenters. The van der Waals surface area contributed by atoms with E-state index in [1.807, 2.05) is 6.07 Å². The van der Waals surface area contributed by atoms with Gasteiger partial charge in [0.2, 0.25) is 0 Å². The van der Waals surface area contributed by atoms with Crippen LogP contribution in [0.25, 0.3) is 0 Å². The fraction of sp³-hybridized carbons (Fsp3) is 0.571. The summed E-state index contributed by atoms with van der Waals surface area (Å²) in [6.45, 7) is 1.53. The summed E-state index contributed by atoms with van der Waals surface area (Å²) in [5.41, 5.74) is 6.82. The zero-order valence-corrected chi connectivity index (χ0v) is 12.3. The molecule has 2 rings (SSSR count). The topological polar surface area (TPSA) is 29.3 Å². The molecule has 18 heavy (non-hydrogen) atoms. The number of halogens is 2. The van der Waals surface area contributed by atoms with Crippen LogP contribution in [0, 0.1) is 11.7 Å². The van der Waals surface area contributed by atoms with E-state index in [2.05, 4.69) is 27.9 Å². The smallest absolute Gasteiger partial charge is 0.124 e. The molecule has 100 valence electrons. The highest BCUT2D eigenvalue weighted by molar-refractivity contribution is 9.10. The summed E-state index contributed by atoms with van der Waals surface area (Å²) in [7, 11) is 2.11. The summed E-state index contributed by atoms with van der Waals surface area (Å²) in [6.07, 6.45) is 3.68. The van der Waals surface area contributed by atoms with Crippen LogP contribution in [-0.2, 0) is 6.54 Å². The van der Waals surface area contributed by atoms with E-state index in [1.54, 1.807) is 6.07 Å². The van der Waals surface area contributed by atoms with Crippen molar-refractivity contribution in [2.45, 2.75) is 31.8 Å². The molecular weight excluding hydrogens is 295 g/mol. The van der Waals surface area contributed by atoms with Gasteiger partial charge < -0.3 is 5.73 Å². The van der Waals surface area contributed by atoms with Crippen molar-refractivity contribution in [2.75, 3.05) is 13.6 Å². The van der Waals surface area contributed by atoms with Gasteiger partial charge in [-0.1, -0.05) is 22.4 Å². The van der Waals surface area contributed by atoms with Crippen molar-refractivity contribution in [3.8, 4) is 0 Å². The van der Waals surface area contributed by atoms with E-state index in [4.69, 9.17) is 5.73 Å². The van der Waals surface area contributed by atoms with Crippen LogP contribution in [0.5, 0.6) is 0 Å². The molecule has 0 aromatic heterocycles. The van der Waals surface area contributed by atoms with Gasteiger partial charge in [-0.05, 0) is 56.1 Å². The molecule has 1 aromatic rings. The van der Waals surface area contributed by atoms with Gasteiger partial charge in [0.1, 0.15) is 5.82 Å². The Morgan fingerprint density at radius 3 is 2.83 bits per heavy atom. The molecule has 0 heterocycles. The number of nitrogens with zero attached hydrogens (tertiary/aromatic N) is 1.